The van der Waals surface area contributed by atoms with Crippen LogP contribution in [0.15, 0.2) is 53.4 Å². The van der Waals surface area contributed by atoms with Crippen LogP contribution in [-0.2, 0) is 10.4 Å². The van der Waals surface area contributed by atoms with Crippen molar-refractivity contribution in [3.05, 3.63) is 65.2 Å². The first-order valence-electron chi connectivity index (χ1n) is 7.02. The fraction of sp³-hybridized carbons (Fsp3) is 0.222. The van der Waals surface area contributed by atoms with Gasteiger partial charge >= 0.3 is 0 Å². The molecule has 0 amide bonds. The van der Waals surface area contributed by atoms with E-state index in [0.717, 1.165) is 22.3 Å². The Balaban J connectivity index is 2.08. The molecule has 3 rings (SSSR count). The van der Waals surface area contributed by atoms with E-state index in [1.165, 1.54) is 0 Å². The number of hydrogen-bond acceptors (Lipinski definition) is 4. The van der Waals surface area contributed by atoms with Crippen LogP contribution in [0.3, 0.4) is 0 Å². The van der Waals surface area contributed by atoms with Crippen molar-refractivity contribution in [2.45, 2.75) is 22.7 Å². The molecule has 1 heterocycles. The average Bonchev–Trinajstić information content (AvgIpc) is 2.54. The quantitative estimate of drug-likeness (QED) is 0.863. The number of carbonyl (C=O) groups excluding carboxylic acids is 1. The normalized spacial score (nSPS) is 26.8. The Morgan fingerprint density at radius 2 is 1.91 bits per heavy atom. The van der Waals surface area contributed by atoms with E-state index in [-0.39, 0.29) is 5.25 Å². The maximum absolute atomic E-state index is 11.7. The van der Waals surface area contributed by atoms with Gasteiger partial charge in [0.2, 0.25) is 0 Å². The van der Waals surface area contributed by atoms with Crippen molar-refractivity contribution in [2.75, 3.05) is 0 Å². The Kier molecular flexibility index (Phi) is 3.78. The summed E-state index contributed by atoms with van der Waals surface area (Å²) in [4.78, 5) is 12.7. The molecule has 3 atom stereocenters. The van der Waals surface area contributed by atoms with Gasteiger partial charge in [-0.2, -0.15) is 5.26 Å². The zero-order valence-corrected chi connectivity index (χ0v) is 12.9. The fourth-order valence-electron chi connectivity index (χ4n) is 2.90. The molecule has 1 aliphatic heterocycles. The van der Waals surface area contributed by atoms with Crippen molar-refractivity contribution < 1.29 is 9.90 Å². The van der Waals surface area contributed by atoms with Gasteiger partial charge in [0.05, 0.1) is 23.2 Å². The molecule has 4 heteroatoms. The van der Waals surface area contributed by atoms with Crippen LogP contribution in [0, 0.1) is 17.2 Å². The van der Waals surface area contributed by atoms with Crippen molar-refractivity contribution in [3.8, 4) is 6.07 Å². The lowest BCUT2D eigenvalue weighted by molar-refractivity contribution is -0.120. The second-order valence-corrected chi connectivity index (χ2v) is 6.76. The number of hydrogen-bond donors (Lipinski definition) is 1. The Labute approximate surface area is 133 Å². The molecule has 110 valence electrons. The number of aldehydes is 1. The Hall–Kier alpha value is -2.09. The van der Waals surface area contributed by atoms with Gasteiger partial charge < -0.3 is 9.90 Å². The molecule has 1 aliphatic rings. The number of aliphatic hydroxyl groups is 1. The summed E-state index contributed by atoms with van der Waals surface area (Å²) in [7, 11) is 0. The first-order valence-corrected chi connectivity index (χ1v) is 7.90. The van der Waals surface area contributed by atoms with E-state index < -0.39 is 11.5 Å². The van der Waals surface area contributed by atoms with E-state index >= 15 is 0 Å². The number of nitrogens with zero attached hydrogens (tertiary/aromatic N) is 1. The van der Waals surface area contributed by atoms with Crippen molar-refractivity contribution in [2.24, 2.45) is 5.92 Å². The summed E-state index contributed by atoms with van der Waals surface area (Å²) in [6.45, 7) is 1.70. The van der Waals surface area contributed by atoms with E-state index in [1.807, 2.05) is 36.4 Å². The van der Waals surface area contributed by atoms with Gasteiger partial charge in [-0.15, -0.1) is 11.8 Å². The summed E-state index contributed by atoms with van der Waals surface area (Å²) >= 11 is 1.58. The third-order valence-electron chi connectivity index (χ3n) is 4.18. The Morgan fingerprint density at radius 3 is 2.55 bits per heavy atom. The fourth-order valence-corrected chi connectivity index (χ4v) is 4.50. The highest BCUT2D eigenvalue weighted by Gasteiger charge is 2.45. The number of thioether (sulfide) groups is 1. The lowest BCUT2D eigenvalue weighted by Gasteiger charge is -2.41. The van der Waals surface area contributed by atoms with Gasteiger partial charge in [0.1, 0.15) is 6.29 Å². The second kappa shape index (κ2) is 5.60. The molecule has 0 radical (unpaired) electrons. The van der Waals surface area contributed by atoms with E-state index in [4.69, 9.17) is 5.26 Å². The van der Waals surface area contributed by atoms with Crippen LogP contribution >= 0.6 is 11.8 Å². The van der Waals surface area contributed by atoms with Gasteiger partial charge in [0, 0.05) is 10.1 Å². The maximum Gasteiger partial charge on any atom is 0.127 e. The van der Waals surface area contributed by atoms with Crippen molar-refractivity contribution in [1.29, 1.82) is 5.26 Å². The zero-order chi connectivity index (χ0) is 15.7. The molecule has 0 saturated carbocycles. The highest BCUT2D eigenvalue weighted by Crippen LogP contribution is 2.53. The number of fused-ring (bicyclic) bond motifs is 1. The smallest absolute Gasteiger partial charge is 0.127 e. The molecule has 0 bridgehead atoms. The van der Waals surface area contributed by atoms with Crippen LogP contribution in [0.1, 0.15) is 28.9 Å². The first-order chi connectivity index (χ1) is 10.6. The van der Waals surface area contributed by atoms with Crippen molar-refractivity contribution in [1.82, 2.24) is 0 Å². The molecule has 2 aromatic carbocycles. The molecule has 0 aromatic heterocycles. The molecule has 3 nitrogen and oxygen atoms in total. The largest absolute Gasteiger partial charge is 0.385 e. The van der Waals surface area contributed by atoms with Crippen LogP contribution in [0.2, 0.25) is 0 Å². The molecule has 2 aromatic rings. The highest BCUT2D eigenvalue weighted by atomic mass is 32.2. The Morgan fingerprint density at radius 1 is 1.23 bits per heavy atom. The van der Waals surface area contributed by atoms with Gasteiger partial charge in [0.25, 0.3) is 0 Å². The minimum Gasteiger partial charge on any atom is -0.385 e. The summed E-state index contributed by atoms with van der Waals surface area (Å²) in [6, 6.07) is 16.9. The van der Waals surface area contributed by atoms with E-state index in [0.29, 0.717) is 5.56 Å². The standard InChI is InChI=1S/C18H15NO2S/c1-18(21)14-4-2-3-5-16(14)22-17(15(18)11-20)13-8-6-12(10-19)7-9-13/h2-9,11,15,17,21H,1H3/t15-,17-,18-/m1/s1. The van der Waals surface area contributed by atoms with Gasteiger partial charge in [-0.3, -0.25) is 0 Å². The first kappa shape index (κ1) is 14.8. The Bertz CT molecular complexity index is 746. The predicted octanol–water partition coefficient (Wildman–Crippen LogP) is 3.43. The van der Waals surface area contributed by atoms with E-state index in [9.17, 15) is 9.90 Å². The molecule has 0 saturated heterocycles. The summed E-state index contributed by atoms with van der Waals surface area (Å²) in [5, 5.41) is 19.6. The molecule has 0 aliphatic carbocycles. The summed E-state index contributed by atoms with van der Waals surface area (Å²) in [5.41, 5.74) is 1.11. The van der Waals surface area contributed by atoms with Crippen LogP contribution < -0.4 is 0 Å². The molecule has 0 spiro atoms. The van der Waals surface area contributed by atoms with Crippen LogP contribution in [0.25, 0.3) is 0 Å². The van der Waals surface area contributed by atoms with Gasteiger partial charge in [-0.1, -0.05) is 30.3 Å². The molecule has 0 fully saturated rings. The summed E-state index contributed by atoms with van der Waals surface area (Å²) in [5.74, 6) is -0.541. The van der Waals surface area contributed by atoms with Crippen LogP contribution in [0.5, 0.6) is 0 Å². The predicted molar refractivity (Wildman–Crippen MR) is 85.3 cm³/mol. The lowest BCUT2D eigenvalue weighted by atomic mass is 9.79. The minimum atomic E-state index is -1.21. The van der Waals surface area contributed by atoms with Gasteiger partial charge in [-0.05, 0) is 36.2 Å². The van der Waals surface area contributed by atoms with E-state index in [1.54, 1.807) is 30.8 Å². The van der Waals surface area contributed by atoms with Crippen LogP contribution in [0.4, 0.5) is 0 Å². The molecular weight excluding hydrogens is 294 g/mol. The number of benzene rings is 2. The SMILES string of the molecule is C[C@@]1(O)c2ccccc2S[C@H](c2ccc(C#N)cc2)[C@H]1C=O. The highest BCUT2D eigenvalue weighted by molar-refractivity contribution is 7.99. The summed E-state index contributed by atoms with van der Waals surface area (Å²) in [6.07, 6.45) is 0.839. The monoisotopic (exact) mass is 309 g/mol. The lowest BCUT2D eigenvalue weighted by Crippen LogP contribution is -2.39. The molecule has 0 unspecified atom stereocenters. The number of nitriles is 1. The molecular formula is C18H15NO2S. The average molecular weight is 309 g/mol. The second-order valence-electron chi connectivity index (χ2n) is 5.58. The third kappa shape index (κ3) is 2.33. The topological polar surface area (TPSA) is 61.1 Å². The number of rotatable bonds is 2. The van der Waals surface area contributed by atoms with Crippen molar-refractivity contribution >= 4 is 18.0 Å². The van der Waals surface area contributed by atoms with E-state index in [2.05, 4.69) is 6.07 Å². The molecule has 1 N–H and O–H groups in total. The van der Waals surface area contributed by atoms with Gasteiger partial charge in [-0.25, -0.2) is 0 Å². The zero-order valence-electron chi connectivity index (χ0n) is 12.1. The van der Waals surface area contributed by atoms with Gasteiger partial charge in [0.15, 0.2) is 0 Å². The van der Waals surface area contributed by atoms with Crippen molar-refractivity contribution in [3.63, 3.8) is 0 Å². The summed E-state index contributed by atoms with van der Waals surface area (Å²) < 4.78 is 0. The van der Waals surface area contributed by atoms with Crippen LogP contribution in [-0.4, -0.2) is 11.4 Å². The maximum atomic E-state index is 11.7. The third-order valence-corrected chi connectivity index (χ3v) is 5.61. The number of carbonyl (C=O) groups is 1. The minimum absolute atomic E-state index is 0.171. The molecule has 22 heavy (non-hydrogen) atoms.